The number of rotatable bonds is 5. The van der Waals surface area contributed by atoms with Crippen molar-refractivity contribution in [2.75, 3.05) is 5.73 Å². The molecule has 2 heterocycles. The van der Waals surface area contributed by atoms with Gasteiger partial charge in [0, 0.05) is 11.6 Å². The summed E-state index contributed by atoms with van der Waals surface area (Å²) in [4.78, 5) is 12.8. The number of hydrogen-bond acceptors (Lipinski definition) is 7. The Balaban J connectivity index is 1.73. The lowest BCUT2D eigenvalue weighted by Crippen LogP contribution is -2.32. The summed E-state index contributed by atoms with van der Waals surface area (Å²) >= 11 is 0. The van der Waals surface area contributed by atoms with E-state index in [-0.39, 0.29) is 16.8 Å². The molecular formula is C18H21N7O2S. The zero-order valence-corrected chi connectivity index (χ0v) is 16.2. The summed E-state index contributed by atoms with van der Waals surface area (Å²) in [5.74, 6) is 0.547. The summed E-state index contributed by atoms with van der Waals surface area (Å²) < 4.78 is 29.8. The van der Waals surface area contributed by atoms with E-state index >= 15 is 0 Å². The van der Waals surface area contributed by atoms with E-state index in [2.05, 4.69) is 24.8 Å². The van der Waals surface area contributed by atoms with Crippen LogP contribution < -0.4 is 10.5 Å². The second-order valence-corrected chi connectivity index (χ2v) is 8.60. The van der Waals surface area contributed by atoms with Crippen molar-refractivity contribution in [1.29, 1.82) is 0 Å². The molecule has 0 unspecified atom stereocenters. The SMILES string of the molecule is Cc1ccc(S(=O)(=O)NC2CCCC2)cc1-c1cnc(N)c(-n2cncn2)n1. The highest BCUT2D eigenvalue weighted by Gasteiger charge is 2.24. The van der Waals surface area contributed by atoms with Crippen molar-refractivity contribution in [3.8, 4) is 17.1 Å². The number of aryl methyl sites for hydroxylation is 1. The third kappa shape index (κ3) is 3.60. The Kier molecular flexibility index (Phi) is 4.82. The molecule has 0 bridgehead atoms. The van der Waals surface area contributed by atoms with E-state index in [1.165, 1.54) is 23.5 Å². The standard InChI is InChI=1S/C18H21N7O2S/c1-12-6-7-14(28(26,27)24-13-4-2-3-5-13)8-15(12)16-9-21-17(19)18(23-16)25-11-20-10-22-25/h6-11,13,24H,2-5H2,1H3,(H2,19,21). The van der Waals surface area contributed by atoms with E-state index < -0.39 is 10.0 Å². The van der Waals surface area contributed by atoms with Gasteiger partial charge in [0.15, 0.2) is 11.6 Å². The maximum absolute atomic E-state index is 12.8. The molecule has 1 aromatic carbocycles. The van der Waals surface area contributed by atoms with Crippen LogP contribution in [0.3, 0.4) is 0 Å². The zero-order valence-electron chi connectivity index (χ0n) is 15.4. The molecule has 0 spiro atoms. The molecule has 1 aliphatic rings. The molecule has 1 fully saturated rings. The lowest BCUT2D eigenvalue weighted by Gasteiger charge is -2.14. The maximum atomic E-state index is 12.8. The number of benzene rings is 1. The monoisotopic (exact) mass is 399 g/mol. The van der Waals surface area contributed by atoms with Crippen LogP contribution in [-0.4, -0.2) is 39.2 Å². The number of nitrogens with zero attached hydrogens (tertiary/aromatic N) is 5. The summed E-state index contributed by atoms with van der Waals surface area (Å²) in [5, 5.41) is 4.04. The van der Waals surface area contributed by atoms with Gasteiger partial charge in [0.1, 0.15) is 12.7 Å². The predicted octanol–water partition coefficient (Wildman–Crippen LogP) is 1.84. The number of nitrogens with two attached hydrogens (primary N) is 1. The van der Waals surface area contributed by atoms with Crippen LogP contribution in [0.15, 0.2) is 41.9 Å². The first-order valence-corrected chi connectivity index (χ1v) is 10.5. The third-order valence-corrected chi connectivity index (χ3v) is 6.41. The Morgan fingerprint density at radius 3 is 2.75 bits per heavy atom. The minimum Gasteiger partial charge on any atom is -0.381 e. The molecular weight excluding hydrogens is 378 g/mol. The van der Waals surface area contributed by atoms with Gasteiger partial charge in [-0.25, -0.2) is 28.1 Å². The summed E-state index contributed by atoms with van der Waals surface area (Å²) in [6, 6.07) is 5.01. The Labute approximate surface area is 163 Å². The van der Waals surface area contributed by atoms with Gasteiger partial charge in [-0.1, -0.05) is 18.9 Å². The first kappa shape index (κ1) is 18.5. The van der Waals surface area contributed by atoms with Gasteiger partial charge in [-0.3, -0.25) is 0 Å². The van der Waals surface area contributed by atoms with Crippen LogP contribution in [0.4, 0.5) is 5.82 Å². The summed E-state index contributed by atoms with van der Waals surface area (Å²) in [5.41, 5.74) is 7.98. The largest absolute Gasteiger partial charge is 0.381 e. The Morgan fingerprint density at radius 2 is 2.04 bits per heavy atom. The minimum atomic E-state index is -3.60. The average Bonchev–Trinajstić information content (AvgIpc) is 3.36. The Hall–Kier alpha value is -2.85. The quantitative estimate of drug-likeness (QED) is 0.669. The molecule has 2 aromatic heterocycles. The molecule has 1 aliphatic carbocycles. The molecule has 0 atom stereocenters. The van der Waals surface area contributed by atoms with Crippen LogP contribution >= 0.6 is 0 Å². The van der Waals surface area contributed by atoms with Gasteiger partial charge in [0.05, 0.1) is 16.8 Å². The van der Waals surface area contributed by atoms with Crippen LogP contribution in [0.5, 0.6) is 0 Å². The highest BCUT2D eigenvalue weighted by molar-refractivity contribution is 7.89. The Bertz CT molecular complexity index is 1090. The van der Waals surface area contributed by atoms with Crippen LogP contribution in [0.25, 0.3) is 17.1 Å². The van der Waals surface area contributed by atoms with Crippen molar-refractivity contribution in [3.05, 3.63) is 42.6 Å². The van der Waals surface area contributed by atoms with E-state index in [9.17, 15) is 8.42 Å². The third-order valence-electron chi connectivity index (χ3n) is 4.89. The molecule has 28 heavy (non-hydrogen) atoms. The van der Waals surface area contributed by atoms with Crippen LogP contribution in [0.2, 0.25) is 0 Å². The van der Waals surface area contributed by atoms with Crippen LogP contribution in [0.1, 0.15) is 31.2 Å². The topological polar surface area (TPSA) is 129 Å². The average molecular weight is 399 g/mol. The van der Waals surface area contributed by atoms with E-state index in [1.54, 1.807) is 18.2 Å². The fraction of sp³-hybridized carbons (Fsp3) is 0.333. The van der Waals surface area contributed by atoms with Crippen molar-refractivity contribution in [1.82, 2.24) is 29.5 Å². The Morgan fingerprint density at radius 1 is 1.25 bits per heavy atom. The molecule has 0 saturated heterocycles. The predicted molar refractivity (Wildman–Crippen MR) is 104 cm³/mol. The number of sulfonamides is 1. The van der Waals surface area contributed by atoms with Gasteiger partial charge in [0.2, 0.25) is 10.0 Å². The second kappa shape index (κ2) is 7.28. The highest BCUT2D eigenvalue weighted by atomic mass is 32.2. The van der Waals surface area contributed by atoms with Gasteiger partial charge in [-0.2, -0.15) is 9.78 Å². The van der Waals surface area contributed by atoms with E-state index in [4.69, 9.17) is 5.73 Å². The summed E-state index contributed by atoms with van der Waals surface area (Å²) in [7, 11) is -3.60. The summed E-state index contributed by atoms with van der Waals surface area (Å²) in [6.45, 7) is 1.89. The van der Waals surface area contributed by atoms with Gasteiger partial charge in [0.25, 0.3) is 0 Å². The molecule has 10 heteroatoms. The molecule has 4 rings (SSSR count). The van der Waals surface area contributed by atoms with Gasteiger partial charge < -0.3 is 5.73 Å². The number of hydrogen-bond donors (Lipinski definition) is 2. The van der Waals surface area contributed by atoms with Crippen molar-refractivity contribution in [3.63, 3.8) is 0 Å². The van der Waals surface area contributed by atoms with Crippen molar-refractivity contribution < 1.29 is 8.42 Å². The molecule has 1 saturated carbocycles. The lowest BCUT2D eigenvalue weighted by molar-refractivity contribution is 0.552. The summed E-state index contributed by atoms with van der Waals surface area (Å²) in [6.07, 6.45) is 8.24. The first-order valence-electron chi connectivity index (χ1n) is 9.05. The lowest BCUT2D eigenvalue weighted by atomic mass is 10.1. The molecule has 146 valence electrons. The normalized spacial score (nSPS) is 15.2. The number of aromatic nitrogens is 5. The minimum absolute atomic E-state index is 0.00462. The fourth-order valence-corrected chi connectivity index (χ4v) is 4.71. The first-order chi connectivity index (χ1) is 13.4. The molecule has 3 N–H and O–H groups in total. The number of anilines is 1. The maximum Gasteiger partial charge on any atom is 0.240 e. The fourth-order valence-electron chi connectivity index (χ4n) is 3.38. The van der Waals surface area contributed by atoms with Crippen LogP contribution in [-0.2, 0) is 10.0 Å². The zero-order chi connectivity index (χ0) is 19.7. The van der Waals surface area contributed by atoms with Crippen LogP contribution in [0, 0.1) is 6.92 Å². The molecule has 0 amide bonds. The van der Waals surface area contributed by atoms with Crippen molar-refractivity contribution >= 4 is 15.8 Å². The molecule has 0 aliphatic heterocycles. The number of nitrogens with one attached hydrogen (secondary N) is 1. The van der Waals surface area contributed by atoms with Gasteiger partial charge in [-0.15, -0.1) is 0 Å². The van der Waals surface area contributed by atoms with Crippen molar-refractivity contribution in [2.45, 2.75) is 43.5 Å². The number of nitrogen functional groups attached to an aromatic ring is 1. The van der Waals surface area contributed by atoms with E-state index in [0.29, 0.717) is 17.1 Å². The smallest absolute Gasteiger partial charge is 0.240 e. The molecule has 3 aromatic rings. The van der Waals surface area contributed by atoms with E-state index in [1.807, 2.05) is 6.92 Å². The van der Waals surface area contributed by atoms with Gasteiger partial charge in [-0.05, 0) is 37.5 Å². The van der Waals surface area contributed by atoms with Gasteiger partial charge >= 0.3 is 0 Å². The second-order valence-electron chi connectivity index (χ2n) is 6.88. The van der Waals surface area contributed by atoms with E-state index in [0.717, 1.165) is 31.2 Å². The molecule has 9 nitrogen and oxygen atoms in total. The molecule has 0 radical (unpaired) electrons. The highest BCUT2D eigenvalue weighted by Crippen LogP contribution is 2.27. The van der Waals surface area contributed by atoms with Crippen molar-refractivity contribution in [2.24, 2.45) is 0 Å².